The molecule has 0 saturated carbocycles. The summed E-state index contributed by atoms with van der Waals surface area (Å²) in [6, 6.07) is 24.1. The van der Waals surface area contributed by atoms with Gasteiger partial charge in [-0.2, -0.15) is 0 Å². The van der Waals surface area contributed by atoms with Crippen molar-refractivity contribution < 1.29 is 19.1 Å². The first-order valence-electron chi connectivity index (χ1n) is 14.2. The molecule has 226 valence electrons. The second-order valence-electron chi connectivity index (χ2n) is 10.9. The minimum Gasteiger partial charge on any atom is -0.478 e. The highest BCUT2D eigenvalue weighted by atomic mass is 35.5. The summed E-state index contributed by atoms with van der Waals surface area (Å²) < 4.78 is 7.91. The van der Waals surface area contributed by atoms with Crippen LogP contribution < -0.4 is 20.2 Å². The molecular formula is C35H28ClN3O5S. The fourth-order valence-corrected chi connectivity index (χ4v) is 6.50. The molecule has 5 aromatic rings. The molecule has 1 atom stereocenters. The number of nitrogens with zero attached hydrogens (tertiary/aromatic N) is 2. The Morgan fingerprint density at radius 2 is 1.78 bits per heavy atom. The highest BCUT2D eigenvalue weighted by Crippen LogP contribution is 2.33. The Hall–Kier alpha value is -4.99. The Morgan fingerprint density at radius 3 is 2.47 bits per heavy atom. The van der Waals surface area contributed by atoms with E-state index in [4.69, 9.17) is 21.0 Å². The van der Waals surface area contributed by atoms with Gasteiger partial charge in [-0.1, -0.05) is 79.2 Å². The van der Waals surface area contributed by atoms with Gasteiger partial charge in [0.05, 0.1) is 32.4 Å². The third-order valence-electron chi connectivity index (χ3n) is 7.60. The molecule has 0 aliphatic carbocycles. The van der Waals surface area contributed by atoms with Crippen molar-refractivity contribution in [2.45, 2.75) is 32.7 Å². The first kappa shape index (κ1) is 30.1. The van der Waals surface area contributed by atoms with Gasteiger partial charge in [0.25, 0.3) is 11.5 Å². The van der Waals surface area contributed by atoms with Gasteiger partial charge in [-0.05, 0) is 66.4 Å². The number of allylic oxidation sites excluding steroid dienone is 1. The Morgan fingerprint density at radius 1 is 1.04 bits per heavy atom. The molecule has 3 aromatic carbocycles. The fraction of sp³-hybridized carbons (Fsp3) is 0.143. The predicted octanol–water partition coefficient (Wildman–Crippen LogP) is 6.61. The average molecular weight is 638 g/mol. The zero-order valence-corrected chi connectivity index (χ0v) is 26.1. The molecule has 0 spiro atoms. The third-order valence-corrected chi connectivity index (χ3v) is 8.91. The lowest BCUT2D eigenvalue weighted by atomic mass is 9.93. The van der Waals surface area contributed by atoms with Crippen LogP contribution in [0.2, 0.25) is 5.02 Å². The standard InChI is InChI=1S/C35H28ClN3O5S/c1-19(2)21-9-11-22(12-10-21)31-30(32(40)38-24-7-5-4-6-8-24)20(3)37-35-39(31)33(41)29(45-35)18-25-14-16-28(44-25)26-17-23(34(42)43)13-15-27(26)36/h4-19,31H,1-3H3,(H,38,40)(H,42,43)/b29-18-/t31-/m1/s1. The summed E-state index contributed by atoms with van der Waals surface area (Å²) in [5.74, 6) is -0.366. The van der Waals surface area contributed by atoms with Crippen LogP contribution in [0.4, 0.5) is 5.69 Å². The van der Waals surface area contributed by atoms with Crippen LogP contribution in [-0.2, 0) is 4.79 Å². The van der Waals surface area contributed by atoms with Gasteiger partial charge in [0.1, 0.15) is 11.5 Å². The number of carbonyl (C=O) groups excluding carboxylic acids is 1. The van der Waals surface area contributed by atoms with Gasteiger partial charge in [0.15, 0.2) is 4.80 Å². The molecule has 0 bridgehead atoms. The second-order valence-corrected chi connectivity index (χ2v) is 12.3. The zero-order valence-electron chi connectivity index (χ0n) is 24.6. The van der Waals surface area contributed by atoms with Crippen LogP contribution in [0.1, 0.15) is 60.0 Å². The van der Waals surface area contributed by atoms with E-state index in [0.717, 1.165) is 11.1 Å². The average Bonchev–Trinajstić information content (AvgIpc) is 3.60. The molecule has 10 heteroatoms. The minimum absolute atomic E-state index is 0.0737. The normalized spacial score (nSPS) is 14.8. The van der Waals surface area contributed by atoms with Gasteiger partial charge in [0, 0.05) is 17.3 Å². The van der Waals surface area contributed by atoms with E-state index in [1.165, 1.54) is 29.5 Å². The molecule has 0 saturated heterocycles. The van der Waals surface area contributed by atoms with Gasteiger partial charge in [-0.3, -0.25) is 14.2 Å². The lowest BCUT2D eigenvalue weighted by Crippen LogP contribution is -2.40. The molecule has 0 fully saturated rings. The smallest absolute Gasteiger partial charge is 0.335 e. The van der Waals surface area contributed by atoms with Crippen LogP contribution in [0.3, 0.4) is 0 Å². The Bertz CT molecular complexity index is 2160. The fourth-order valence-electron chi connectivity index (χ4n) is 5.26. The summed E-state index contributed by atoms with van der Waals surface area (Å²) >= 11 is 7.54. The van der Waals surface area contributed by atoms with Crippen LogP contribution in [0.25, 0.3) is 17.4 Å². The number of anilines is 1. The number of hydrogen-bond acceptors (Lipinski definition) is 6. The SMILES string of the molecule is CC1=C(C(=O)Nc2ccccc2)[C@@H](c2ccc(C(C)C)cc2)n2c(s/c(=C\c3ccc(-c4cc(C(=O)O)ccc4Cl)o3)c2=O)=N1. The molecule has 2 N–H and O–H groups in total. The maximum atomic E-state index is 14.1. The van der Waals surface area contributed by atoms with E-state index < -0.39 is 12.0 Å². The number of rotatable bonds is 7. The largest absolute Gasteiger partial charge is 0.478 e. The number of halogens is 1. The van der Waals surface area contributed by atoms with Crippen molar-refractivity contribution in [3.05, 3.63) is 143 Å². The molecule has 1 amide bonds. The number of fused-ring (bicyclic) bond motifs is 1. The van der Waals surface area contributed by atoms with Crippen molar-refractivity contribution in [1.29, 1.82) is 0 Å². The summed E-state index contributed by atoms with van der Waals surface area (Å²) in [5, 5.41) is 12.7. The molecule has 8 nitrogen and oxygen atoms in total. The van der Waals surface area contributed by atoms with Crippen molar-refractivity contribution in [3.63, 3.8) is 0 Å². The number of carboxylic acids is 1. The monoisotopic (exact) mass is 637 g/mol. The summed E-state index contributed by atoms with van der Waals surface area (Å²) in [7, 11) is 0. The molecular weight excluding hydrogens is 610 g/mol. The molecule has 45 heavy (non-hydrogen) atoms. The minimum atomic E-state index is -1.08. The zero-order chi connectivity index (χ0) is 31.8. The van der Waals surface area contributed by atoms with Crippen molar-refractivity contribution in [2.75, 3.05) is 5.32 Å². The summed E-state index contributed by atoms with van der Waals surface area (Å²) in [6.07, 6.45) is 1.62. The van der Waals surface area contributed by atoms with Crippen LogP contribution in [0.5, 0.6) is 0 Å². The number of para-hydroxylation sites is 1. The summed E-state index contributed by atoms with van der Waals surface area (Å²) in [6.45, 7) is 6.00. The Labute approximate surface area is 267 Å². The van der Waals surface area contributed by atoms with Crippen LogP contribution >= 0.6 is 22.9 Å². The maximum Gasteiger partial charge on any atom is 0.335 e. The number of aromatic carboxylic acids is 1. The first-order chi connectivity index (χ1) is 21.6. The number of carbonyl (C=O) groups is 2. The van der Waals surface area contributed by atoms with Crippen LogP contribution in [0.15, 0.2) is 110 Å². The highest BCUT2D eigenvalue weighted by Gasteiger charge is 2.32. The number of thiazole rings is 1. The quantitative estimate of drug-likeness (QED) is 0.209. The van der Waals surface area contributed by atoms with E-state index in [2.05, 4.69) is 19.2 Å². The number of nitrogens with one attached hydrogen (secondary N) is 1. The van der Waals surface area contributed by atoms with Crippen molar-refractivity contribution in [3.8, 4) is 11.3 Å². The lowest BCUT2D eigenvalue weighted by molar-refractivity contribution is -0.113. The molecule has 6 rings (SSSR count). The number of aromatic nitrogens is 1. The van der Waals surface area contributed by atoms with E-state index in [0.29, 0.717) is 54.3 Å². The number of carboxylic acid groups (broad SMARTS) is 1. The second kappa shape index (κ2) is 12.2. The van der Waals surface area contributed by atoms with Gasteiger partial charge >= 0.3 is 5.97 Å². The maximum absolute atomic E-state index is 14.1. The van der Waals surface area contributed by atoms with Crippen molar-refractivity contribution >= 4 is 46.6 Å². The van der Waals surface area contributed by atoms with E-state index in [1.807, 2.05) is 42.5 Å². The topological polar surface area (TPSA) is 114 Å². The molecule has 1 aliphatic heterocycles. The van der Waals surface area contributed by atoms with E-state index in [1.54, 1.807) is 41.8 Å². The molecule has 0 unspecified atom stereocenters. The van der Waals surface area contributed by atoms with E-state index >= 15 is 0 Å². The van der Waals surface area contributed by atoms with Gasteiger partial charge in [-0.15, -0.1) is 0 Å². The number of hydrogen-bond donors (Lipinski definition) is 2. The number of furan rings is 1. The molecule has 1 aliphatic rings. The van der Waals surface area contributed by atoms with Crippen LogP contribution in [0, 0.1) is 0 Å². The molecule has 3 heterocycles. The molecule has 2 aromatic heterocycles. The van der Waals surface area contributed by atoms with Crippen molar-refractivity contribution in [1.82, 2.24) is 4.57 Å². The van der Waals surface area contributed by atoms with Crippen LogP contribution in [-0.4, -0.2) is 21.6 Å². The highest BCUT2D eigenvalue weighted by molar-refractivity contribution is 7.07. The predicted molar refractivity (Wildman–Crippen MR) is 175 cm³/mol. The first-order valence-corrected chi connectivity index (χ1v) is 15.4. The lowest BCUT2D eigenvalue weighted by Gasteiger charge is -2.25. The van der Waals surface area contributed by atoms with Gasteiger partial charge in [0.2, 0.25) is 0 Å². The van der Waals surface area contributed by atoms with Crippen molar-refractivity contribution in [2.24, 2.45) is 4.99 Å². The number of amides is 1. The summed E-state index contributed by atoms with van der Waals surface area (Å²) in [4.78, 5) is 44.5. The Kier molecular flexibility index (Phi) is 8.14. The van der Waals surface area contributed by atoms with Gasteiger partial charge < -0.3 is 14.8 Å². The number of benzene rings is 3. The summed E-state index contributed by atoms with van der Waals surface area (Å²) in [5.41, 5.74) is 3.63. The van der Waals surface area contributed by atoms with E-state index in [9.17, 15) is 19.5 Å². The van der Waals surface area contributed by atoms with Gasteiger partial charge in [-0.25, -0.2) is 9.79 Å². The Balaban J connectivity index is 1.45. The van der Waals surface area contributed by atoms with E-state index in [-0.39, 0.29) is 17.0 Å². The molecule has 0 radical (unpaired) electrons. The third kappa shape index (κ3) is 5.92.